The molecule has 2 aliphatic heterocycles. The van der Waals surface area contributed by atoms with Crippen molar-refractivity contribution in [1.82, 2.24) is 14.8 Å². The van der Waals surface area contributed by atoms with Gasteiger partial charge in [-0.25, -0.2) is 4.98 Å². The number of aromatic nitrogens is 1. The molecule has 39 heavy (non-hydrogen) atoms. The second kappa shape index (κ2) is 10.6. The molecular weight excluding hydrogens is 529 g/mol. The molecule has 0 N–H and O–H groups in total. The third-order valence-electron chi connectivity index (χ3n) is 8.67. The van der Waals surface area contributed by atoms with Crippen LogP contribution in [0.3, 0.4) is 0 Å². The molecule has 210 valence electrons. The van der Waals surface area contributed by atoms with Gasteiger partial charge in [0, 0.05) is 74.2 Å². The number of anilines is 1. The zero-order chi connectivity index (χ0) is 27.9. The summed E-state index contributed by atoms with van der Waals surface area (Å²) in [6.07, 6.45) is -0.348. The number of pyridine rings is 1. The van der Waals surface area contributed by atoms with Crippen LogP contribution in [0.5, 0.6) is 0 Å². The average Bonchev–Trinajstić information content (AvgIpc) is 3.54. The van der Waals surface area contributed by atoms with Gasteiger partial charge in [0.25, 0.3) is 0 Å². The lowest BCUT2D eigenvalue weighted by Crippen LogP contribution is -2.46. The van der Waals surface area contributed by atoms with Crippen molar-refractivity contribution in [3.05, 3.63) is 58.7 Å². The molecule has 6 nitrogen and oxygen atoms in total. The zero-order valence-electron chi connectivity index (χ0n) is 22.3. The van der Waals surface area contributed by atoms with Crippen molar-refractivity contribution < 1.29 is 22.8 Å². The summed E-state index contributed by atoms with van der Waals surface area (Å²) in [7, 11) is 1.81. The van der Waals surface area contributed by atoms with Crippen LogP contribution in [0.2, 0.25) is 5.02 Å². The first-order valence-corrected chi connectivity index (χ1v) is 13.9. The molecule has 0 unspecified atom stereocenters. The van der Waals surface area contributed by atoms with E-state index < -0.39 is 11.7 Å². The predicted octanol–water partition coefficient (Wildman–Crippen LogP) is 5.47. The average molecular weight is 563 g/mol. The normalized spacial score (nSPS) is 23.1. The smallest absolute Gasteiger partial charge is 0.359 e. The fraction of sp³-hybridized carbons (Fsp3) is 0.552. The maximum atomic E-state index is 13.6. The minimum atomic E-state index is -4.44. The molecule has 3 aliphatic rings. The Bertz CT molecular complexity index is 1190. The molecule has 5 rings (SSSR count). The highest BCUT2D eigenvalue weighted by Crippen LogP contribution is 2.47. The van der Waals surface area contributed by atoms with Crippen LogP contribution in [-0.2, 0) is 15.8 Å². The summed E-state index contributed by atoms with van der Waals surface area (Å²) in [6, 6.07) is 10.1. The first-order valence-electron chi connectivity index (χ1n) is 13.5. The van der Waals surface area contributed by atoms with E-state index in [-0.39, 0.29) is 35.0 Å². The number of halogens is 4. The molecule has 0 bridgehead atoms. The van der Waals surface area contributed by atoms with Crippen LogP contribution in [0.1, 0.15) is 49.7 Å². The van der Waals surface area contributed by atoms with Crippen LogP contribution in [0.25, 0.3) is 0 Å². The number of amides is 2. The van der Waals surface area contributed by atoms with Gasteiger partial charge in [0.05, 0.1) is 5.56 Å². The Morgan fingerprint density at radius 2 is 1.72 bits per heavy atom. The Labute approximate surface area is 232 Å². The largest absolute Gasteiger partial charge is 0.417 e. The third-order valence-corrected chi connectivity index (χ3v) is 8.93. The Balaban J connectivity index is 1.27. The van der Waals surface area contributed by atoms with Gasteiger partial charge in [-0.05, 0) is 55.5 Å². The molecule has 3 heterocycles. The van der Waals surface area contributed by atoms with Crippen LogP contribution in [0.4, 0.5) is 19.0 Å². The molecule has 0 radical (unpaired) electrons. The van der Waals surface area contributed by atoms with Crippen LogP contribution in [0.15, 0.2) is 42.6 Å². The van der Waals surface area contributed by atoms with E-state index in [4.69, 9.17) is 11.6 Å². The van der Waals surface area contributed by atoms with Crippen LogP contribution in [0, 0.1) is 17.3 Å². The van der Waals surface area contributed by atoms with Crippen molar-refractivity contribution in [2.24, 2.45) is 17.3 Å². The summed E-state index contributed by atoms with van der Waals surface area (Å²) in [6.45, 7) is 4.90. The Morgan fingerprint density at radius 1 is 1.05 bits per heavy atom. The van der Waals surface area contributed by atoms with Crippen LogP contribution < -0.4 is 4.90 Å². The number of rotatable bonds is 6. The summed E-state index contributed by atoms with van der Waals surface area (Å²) in [5, 5.41) is 0.633. The van der Waals surface area contributed by atoms with E-state index in [9.17, 15) is 22.8 Å². The van der Waals surface area contributed by atoms with E-state index in [1.54, 1.807) is 0 Å². The Kier molecular flexibility index (Phi) is 7.57. The number of hydrogen-bond donors (Lipinski definition) is 0. The van der Waals surface area contributed by atoms with Crippen molar-refractivity contribution in [3.8, 4) is 0 Å². The molecule has 1 aliphatic carbocycles. The fourth-order valence-corrected chi connectivity index (χ4v) is 6.05. The predicted molar refractivity (Wildman–Crippen MR) is 143 cm³/mol. The third kappa shape index (κ3) is 6.03. The van der Waals surface area contributed by atoms with E-state index in [1.165, 1.54) is 6.07 Å². The Hall–Kier alpha value is -2.81. The minimum absolute atomic E-state index is 0.0552. The first-order chi connectivity index (χ1) is 18.4. The highest BCUT2D eigenvalue weighted by atomic mass is 35.5. The van der Waals surface area contributed by atoms with Crippen molar-refractivity contribution in [1.29, 1.82) is 0 Å². The fourth-order valence-electron chi connectivity index (χ4n) is 5.92. The van der Waals surface area contributed by atoms with Gasteiger partial charge in [0.2, 0.25) is 11.8 Å². The van der Waals surface area contributed by atoms with Crippen molar-refractivity contribution in [2.45, 2.75) is 44.7 Å². The molecule has 1 aromatic carbocycles. The molecule has 0 spiro atoms. The summed E-state index contributed by atoms with van der Waals surface area (Å²) in [4.78, 5) is 36.1. The van der Waals surface area contributed by atoms with Gasteiger partial charge in [-0.2, -0.15) is 13.2 Å². The highest BCUT2D eigenvalue weighted by molar-refractivity contribution is 6.30. The van der Waals surface area contributed by atoms with E-state index in [2.05, 4.69) is 4.98 Å². The number of hydrogen-bond acceptors (Lipinski definition) is 4. The second-order valence-corrected chi connectivity index (χ2v) is 12.0. The lowest BCUT2D eigenvalue weighted by Gasteiger charge is -2.34. The topological polar surface area (TPSA) is 56.8 Å². The number of piperidine rings is 1. The zero-order valence-corrected chi connectivity index (χ0v) is 23.0. The molecule has 1 aromatic heterocycles. The number of benzene rings is 1. The molecule has 10 heteroatoms. The van der Waals surface area contributed by atoms with E-state index >= 15 is 0 Å². The summed E-state index contributed by atoms with van der Waals surface area (Å²) >= 11 is 6.12. The quantitative estimate of drug-likeness (QED) is 0.468. The van der Waals surface area contributed by atoms with Gasteiger partial charge >= 0.3 is 6.18 Å². The van der Waals surface area contributed by atoms with Gasteiger partial charge in [-0.15, -0.1) is 0 Å². The maximum absolute atomic E-state index is 13.6. The molecular formula is C29H34ClF3N4O2. The van der Waals surface area contributed by atoms with Crippen molar-refractivity contribution in [2.75, 3.05) is 44.7 Å². The molecule has 2 amide bonds. The Morgan fingerprint density at radius 3 is 2.28 bits per heavy atom. The van der Waals surface area contributed by atoms with Crippen molar-refractivity contribution in [3.63, 3.8) is 0 Å². The van der Waals surface area contributed by atoms with E-state index in [0.717, 1.165) is 30.7 Å². The second-order valence-electron chi connectivity index (χ2n) is 11.6. The number of nitrogens with zero attached hydrogens (tertiary/aromatic N) is 4. The van der Waals surface area contributed by atoms with Gasteiger partial charge in [0.1, 0.15) is 5.82 Å². The molecule has 2 aromatic rings. The van der Waals surface area contributed by atoms with Crippen LogP contribution >= 0.6 is 11.6 Å². The lowest BCUT2D eigenvalue weighted by atomic mass is 9.88. The van der Waals surface area contributed by atoms with E-state index in [1.807, 2.05) is 52.9 Å². The highest BCUT2D eigenvalue weighted by Gasteiger charge is 2.48. The molecule has 1 saturated carbocycles. The monoisotopic (exact) mass is 562 g/mol. The van der Waals surface area contributed by atoms with Crippen molar-refractivity contribution >= 4 is 29.2 Å². The first kappa shape index (κ1) is 27.7. The van der Waals surface area contributed by atoms with Gasteiger partial charge in [-0.3, -0.25) is 9.59 Å². The summed E-state index contributed by atoms with van der Waals surface area (Å²) in [5.74, 6) is 0.790. The number of carbonyl (C=O) groups is 2. The standard InChI is InChI=1S/C29H34ClF3N4O2/c1-28(11-12-28)27(39)36-13-9-20(10-14-36)26(38)37-17-21(24(18-37)19-3-6-23(30)7-4-19)16-35(2)25-8-5-22(15-34-25)29(31,32)33/h3-8,15,20-21,24H,9-14,16-18H2,1-2H3/t21-,24-/m1/s1. The number of carbonyl (C=O) groups excluding carboxylic acids is 2. The number of likely N-dealkylation sites (tertiary alicyclic amines) is 2. The van der Waals surface area contributed by atoms with Gasteiger partial charge < -0.3 is 14.7 Å². The molecule has 3 fully saturated rings. The SMILES string of the molecule is CN(C[C@@H]1CN(C(=O)C2CCN(C(=O)C3(C)CC3)CC2)C[C@@H]1c1ccc(Cl)cc1)c1ccc(C(F)(F)F)cn1. The minimum Gasteiger partial charge on any atom is -0.359 e. The summed E-state index contributed by atoms with van der Waals surface area (Å²) in [5.41, 5.74) is 0.0977. The maximum Gasteiger partial charge on any atom is 0.417 e. The number of alkyl halides is 3. The van der Waals surface area contributed by atoms with Crippen LogP contribution in [-0.4, -0.2) is 66.4 Å². The van der Waals surface area contributed by atoms with Gasteiger partial charge in [0.15, 0.2) is 0 Å². The molecule has 2 atom stereocenters. The molecule has 2 saturated heterocycles. The lowest BCUT2D eigenvalue weighted by molar-refractivity contribution is -0.142. The summed E-state index contributed by atoms with van der Waals surface area (Å²) < 4.78 is 39.0. The van der Waals surface area contributed by atoms with E-state index in [0.29, 0.717) is 56.4 Å². The van der Waals surface area contributed by atoms with Gasteiger partial charge in [-0.1, -0.05) is 30.7 Å².